The Hall–Kier alpha value is -0.380. The molecule has 0 fully saturated rings. The molecule has 0 aromatic heterocycles. The van der Waals surface area contributed by atoms with Gasteiger partial charge >= 0.3 is 0 Å². The van der Waals surface area contributed by atoms with Gasteiger partial charge in [0.1, 0.15) is 0 Å². The van der Waals surface area contributed by atoms with Crippen LogP contribution in [0.3, 0.4) is 0 Å². The number of hydrogen-bond donors (Lipinski definition) is 0. The van der Waals surface area contributed by atoms with Crippen molar-refractivity contribution in [1.29, 1.82) is 0 Å². The molecule has 0 unspecified atom stereocenters. The zero-order valence-electron chi connectivity index (χ0n) is 6.72. The molecule has 0 rings (SSSR count). The van der Waals surface area contributed by atoms with Crippen LogP contribution in [0.4, 0.5) is 0 Å². The lowest BCUT2D eigenvalue weighted by molar-refractivity contribution is -0.349. The van der Waals surface area contributed by atoms with Crippen LogP contribution in [0.1, 0.15) is 6.42 Å². The van der Waals surface area contributed by atoms with Crippen molar-refractivity contribution in [2.45, 2.75) is 12.4 Å². The molecule has 0 heterocycles. The second kappa shape index (κ2) is 4.44. The average molecular weight is 146 g/mol. The maximum absolute atomic E-state index is 4.96. The van der Waals surface area contributed by atoms with Crippen LogP contribution in [-0.2, 0) is 14.2 Å². The lowest BCUT2D eigenvalue weighted by Gasteiger charge is -2.27. The molecule has 0 aliphatic rings. The maximum Gasteiger partial charge on any atom is 0.285 e. The molecule has 0 bridgehead atoms. The molecule has 0 aromatic carbocycles. The molecule has 0 saturated carbocycles. The van der Waals surface area contributed by atoms with Crippen LogP contribution in [-0.4, -0.2) is 27.3 Å². The minimum Gasteiger partial charge on any atom is -0.331 e. The molecule has 3 heteroatoms. The SMILES string of the molecule is C=CCC(OC)(OC)OC. The molecule has 0 atom stereocenters. The molecule has 0 spiro atoms. The van der Waals surface area contributed by atoms with Crippen LogP contribution in [0.15, 0.2) is 12.7 Å². The number of ether oxygens (including phenoxy) is 3. The van der Waals surface area contributed by atoms with Crippen molar-refractivity contribution >= 4 is 0 Å². The molecule has 0 N–H and O–H groups in total. The van der Waals surface area contributed by atoms with E-state index in [2.05, 4.69) is 6.58 Å². The zero-order valence-corrected chi connectivity index (χ0v) is 6.72. The van der Waals surface area contributed by atoms with E-state index in [1.807, 2.05) is 0 Å². The Bertz CT molecular complexity index is 88.8. The van der Waals surface area contributed by atoms with E-state index < -0.39 is 5.97 Å². The number of methoxy groups -OCH3 is 3. The molecule has 0 radical (unpaired) electrons. The third-order valence-electron chi connectivity index (χ3n) is 1.33. The first kappa shape index (κ1) is 9.62. The highest BCUT2D eigenvalue weighted by Crippen LogP contribution is 2.16. The van der Waals surface area contributed by atoms with E-state index in [-0.39, 0.29) is 0 Å². The van der Waals surface area contributed by atoms with Gasteiger partial charge in [-0.3, -0.25) is 0 Å². The molecule has 3 nitrogen and oxygen atoms in total. The first-order valence-electron chi connectivity index (χ1n) is 3.01. The largest absolute Gasteiger partial charge is 0.331 e. The molecular formula is C7H14O3. The van der Waals surface area contributed by atoms with Gasteiger partial charge in [0.25, 0.3) is 5.97 Å². The van der Waals surface area contributed by atoms with Gasteiger partial charge in [-0.05, 0) is 0 Å². The second-order valence-corrected chi connectivity index (χ2v) is 1.79. The summed E-state index contributed by atoms with van der Waals surface area (Å²) in [5.41, 5.74) is 0. The third kappa shape index (κ3) is 2.10. The van der Waals surface area contributed by atoms with Crippen molar-refractivity contribution in [3.63, 3.8) is 0 Å². The van der Waals surface area contributed by atoms with E-state index in [0.717, 1.165) is 0 Å². The standard InChI is InChI=1S/C7H14O3/c1-5-6-7(8-2,9-3)10-4/h5H,1,6H2,2-4H3. The molecular weight excluding hydrogens is 132 g/mol. The highest BCUT2D eigenvalue weighted by Gasteiger charge is 2.26. The minimum absolute atomic E-state index is 0.510. The van der Waals surface area contributed by atoms with Crippen molar-refractivity contribution in [1.82, 2.24) is 0 Å². The first-order chi connectivity index (χ1) is 4.74. The minimum atomic E-state index is -0.943. The summed E-state index contributed by atoms with van der Waals surface area (Å²) in [6.45, 7) is 3.55. The zero-order chi connectivity index (χ0) is 8.04. The first-order valence-corrected chi connectivity index (χ1v) is 3.01. The number of rotatable bonds is 5. The summed E-state index contributed by atoms with van der Waals surface area (Å²) in [6, 6.07) is 0. The quantitative estimate of drug-likeness (QED) is 0.430. The van der Waals surface area contributed by atoms with Crippen LogP contribution in [0.25, 0.3) is 0 Å². The van der Waals surface area contributed by atoms with E-state index >= 15 is 0 Å². The predicted molar refractivity (Wildman–Crippen MR) is 38.6 cm³/mol. The summed E-state index contributed by atoms with van der Waals surface area (Å²) in [5, 5.41) is 0. The van der Waals surface area contributed by atoms with E-state index in [4.69, 9.17) is 14.2 Å². The predicted octanol–water partition coefficient (Wildman–Crippen LogP) is 1.16. The van der Waals surface area contributed by atoms with Gasteiger partial charge in [0.15, 0.2) is 0 Å². The van der Waals surface area contributed by atoms with Crippen LogP contribution in [0.2, 0.25) is 0 Å². The van der Waals surface area contributed by atoms with E-state index in [1.54, 1.807) is 6.08 Å². The fraction of sp³-hybridized carbons (Fsp3) is 0.714. The van der Waals surface area contributed by atoms with Gasteiger partial charge in [0, 0.05) is 27.8 Å². The highest BCUT2D eigenvalue weighted by atomic mass is 16.9. The smallest absolute Gasteiger partial charge is 0.285 e. The molecule has 0 aliphatic heterocycles. The Labute approximate surface area is 61.6 Å². The van der Waals surface area contributed by atoms with E-state index in [9.17, 15) is 0 Å². The van der Waals surface area contributed by atoms with Gasteiger partial charge in [-0.25, -0.2) is 0 Å². The fourth-order valence-corrected chi connectivity index (χ4v) is 0.677. The second-order valence-electron chi connectivity index (χ2n) is 1.79. The normalized spacial score (nSPS) is 11.5. The maximum atomic E-state index is 4.96. The van der Waals surface area contributed by atoms with E-state index in [1.165, 1.54) is 21.3 Å². The molecule has 0 aromatic rings. The van der Waals surface area contributed by atoms with Gasteiger partial charge < -0.3 is 14.2 Å². The van der Waals surface area contributed by atoms with Gasteiger partial charge in [0.2, 0.25) is 0 Å². The van der Waals surface area contributed by atoms with Crippen molar-refractivity contribution in [2.24, 2.45) is 0 Å². The number of hydrogen-bond acceptors (Lipinski definition) is 3. The van der Waals surface area contributed by atoms with E-state index in [0.29, 0.717) is 6.42 Å². The highest BCUT2D eigenvalue weighted by molar-refractivity contribution is 4.73. The fourth-order valence-electron chi connectivity index (χ4n) is 0.677. The topological polar surface area (TPSA) is 27.7 Å². The van der Waals surface area contributed by atoms with Gasteiger partial charge in [-0.1, -0.05) is 6.08 Å². The Balaban J connectivity index is 4.00. The van der Waals surface area contributed by atoms with Gasteiger partial charge in [-0.15, -0.1) is 6.58 Å². The van der Waals surface area contributed by atoms with Crippen LogP contribution >= 0.6 is 0 Å². The summed E-state index contributed by atoms with van der Waals surface area (Å²) < 4.78 is 14.9. The monoisotopic (exact) mass is 146 g/mol. The summed E-state index contributed by atoms with van der Waals surface area (Å²) >= 11 is 0. The Kier molecular flexibility index (Phi) is 4.27. The van der Waals surface area contributed by atoms with Crippen molar-refractivity contribution in [3.8, 4) is 0 Å². The molecule has 0 aliphatic carbocycles. The van der Waals surface area contributed by atoms with Crippen molar-refractivity contribution in [3.05, 3.63) is 12.7 Å². The Morgan fingerprint density at radius 3 is 1.70 bits per heavy atom. The Morgan fingerprint density at radius 2 is 1.60 bits per heavy atom. The molecule has 0 amide bonds. The van der Waals surface area contributed by atoms with Crippen molar-refractivity contribution in [2.75, 3.05) is 21.3 Å². The molecule has 10 heavy (non-hydrogen) atoms. The third-order valence-corrected chi connectivity index (χ3v) is 1.33. The lowest BCUT2D eigenvalue weighted by atomic mass is 10.3. The van der Waals surface area contributed by atoms with Gasteiger partial charge in [-0.2, -0.15) is 0 Å². The van der Waals surface area contributed by atoms with Crippen LogP contribution < -0.4 is 0 Å². The lowest BCUT2D eigenvalue weighted by Crippen LogP contribution is -2.35. The molecule has 60 valence electrons. The molecule has 0 saturated heterocycles. The summed E-state index contributed by atoms with van der Waals surface area (Å²) in [4.78, 5) is 0. The average Bonchev–Trinajstić information content (AvgIpc) is 2.01. The van der Waals surface area contributed by atoms with Crippen molar-refractivity contribution < 1.29 is 14.2 Å². The van der Waals surface area contributed by atoms with Crippen LogP contribution in [0.5, 0.6) is 0 Å². The summed E-state index contributed by atoms with van der Waals surface area (Å²) in [7, 11) is 4.57. The summed E-state index contributed by atoms with van der Waals surface area (Å²) in [6.07, 6.45) is 2.19. The van der Waals surface area contributed by atoms with Gasteiger partial charge in [0.05, 0.1) is 0 Å². The summed E-state index contributed by atoms with van der Waals surface area (Å²) in [5.74, 6) is -0.943. The van der Waals surface area contributed by atoms with Crippen LogP contribution in [0, 0.1) is 0 Å². The Morgan fingerprint density at radius 1 is 1.20 bits per heavy atom.